The number of hydrogen-bond acceptors (Lipinski definition) is 4. The van der Waals surface area contributed by atoms with Crippen LogP contribution in [0.15, 0.2) is 72.8 Å². The van der Waals surface area contributed by atoms with E-state index in [0.29, 0.717) is 26.7 Å². The van der Waals surface area contributed by atoms with Crippen LogP contribution >= 0.6 is 23.2 Å². The van der Waals surface area contributed by atoms with Gasteiger partial charge >= 0.3 is 0 Å². The molecule has 202 valence electrons. The topological polar surface area (TPSA) is 86.8 Å². The predicted octanol–water partition coefficient (Wildman–Crippen LogP) is 4.63. The average Bonchev–Trinajstić information content (AvgIpc) is 2.87. The van der Waals surface area contributed by atoms with Crippen LogP contribution in [0.5, 0.6) is 0 Å². The molecule has 11 heteroatoms. The zero-order valence-corrected chi connectivity index (χ0v) is 23.2. The first-order valence-corrected chi connectivity index (χ1v) is 14.3. The van der Waals surface area contributed by atoms with Crippen molar-refractivity contribution in [3.05, 3.63) is 105 Å². The molecule has 0 aliphatic carbocycles. The Kier molecular flexibility index (Phi) is 10.3. The van der Waals surface area contributed by atoms with Crippen molar-refractivity contribution in [1.29, 1.82) is 0 Å². The van der Waals surface area contributed by atoms with Crippen molar-refractivity contribution in [2.24, 2.45) is 0 Å². The minimum absolute atomic E-state index is 0.00849. The Hall–Kier alpha value is -2.98. The minimum atomic E-state index is -3.76. The summed E-state index contributed by atoms with van der Waals surface area (Å²) in [5.41, 5.74) is 1.93. The number of rotatable bonds is 11. The van der Waals surface area contributed by atoms with Crippen molar-refractivity contribution >= 4 is 45.0 Å². The Morgan fingerprint density at radius 2 is 1.58 bits per heavy atom. The first kappa shape index (κ1) is 29.6. The van der Waals surface area contributed by atoms with Crippen LogP contribution < -0.4 is 5.32 Å². The summed E-state index contributed by atoms with van der Waals surface area (Å²) < 4.78 is 39.6. The molecule has 3 rings (SSSR count). The molecule has 38 heavy (non-hydrogen) atoms. The van der Waals surface area contributed by atoms with Crippen molar-refractivity contribution in [3.63, 3.8) is 0 Å². The molecule has 0 aliphatic heterocycles. The number of nitrogens with zero attached hydrogens (tertiary/aromatic N) is 2. The Bertz CT molecular complexity index is 1370. The number of sulfonamides is 1. The van der Waals surface area contributed by atoms with Gasteiger partial charge in [-0.15, -0.1) is 0 Å². The average molecular weight is 581 g/mol. The number of amides is 2. The van der Waals surface area contributed by atoms with Crippen molar-refractivity contribution in [2.45, 2.75) is 32.6 Å². The van der Waals surface area contributed by atoms with Crippen LogP contribution in [0.25, 0.3) is 0 Å². The van der Waals surface area contributed by atoms with Gasteiger partial charge < -0.3 is 10.2 Å². The summed E-state index contributed by atoms with van der Waals surface area (Å²) in [4.78, 5) is 27.9. The second-order valence-electron chi connectivity index (χ2n) is 8.79. The fourth-order valence-corrected chi connectivity index (χ4v) is 4.89. The van der Waals surface area contributed by atoms with E-state index >= 15 is 0 Å². The second kappa shape index (κ2) is 13.2. The Labute approximate surface area is 232 Å². The highest BCUT2D eigenvalue weighted by atomic mass is 35.5. The summed E-state index contributed by atoms with van der Waals surface area (Å²) in [7, 11) is -3.76. The monoisotopic (exact) mass is 579 g/mol. The van der Waals surface area contributed by atoms with Crippen LogP contribution in [0.1, 0.15) is 23.6 Å². The van der Waals surface area contributed by atoms with E-state index in [1.807, 2.05) is 0 Å². The summed E-state index contributed by atoms with van der Waals surface area (Å²) in [5.74, 6) is -1.49. The molecule has 0 bridgehead atoms. The van der Waals surface area contributed by atoms with E-state index in [9.17, 15) is 22.4 Å². The highest BCUT2D eigenvalue weighted by Gasteiger charge is 2.30. The lowest BCUT2D eigenvalue weighted by atomic mass is 10.1. The summed E-state index contributed by atoms with van der Waals surface area (Å²) in [5, 5.41) is 3.60. The van der Waals surface area contributed by atoms with E-state index in [1.165, 1.54) is 29.2 Å². The van der Waals surface area contributed by atoms with Gasteiger partial charge in [-0.1, -0.05) is 71.7 Å². The van der Waals surface area contributed by atoms with Crippen molar-refractivity contribution in [1.82, 2.24) is 14.5 Å². The van der Waals surface area contributed by atoms with E-state index in [4.69, 9.17) is 23.2 Å². The van der Waals surface area contributed by atoms with Gasteiger partial charge in [0.1, 0.15) is 11.9 Å². The smallest absolute Gasteiger partial charge is 0.242 e. The third-order valence-corrected chi connectivity index (χ3v) is 7.67. The minimum Gasteiger partial charge on any atom is -0.350 e. The van der Waals surface area contributed by atoms with E-state index in [0.717, 1.165) is 10.6 Å². The molecule has 3 aromatic carbocycles. The van der Waals surface area contributed by atoms with Crippen molar-refractivity contribution < 1.29 is 22.4 Å². The van der Waals surface area contributed by atoms with Gasteiger partial charge in [0.2, 0.25) is 21.8 Å². The number of nitrogens with one attached hydrogen (secondary N) is 1. The molecular weight excluding hydrogens is 552 g/mol. The number of hydrogen-bond donors (Lipinski definition) is 1. The van der Waals surface area contributed by atoms with Gasteiger partial charge in [0, 0.05) is 29.7 Å². The first-order chi connectivity index (χ1) is 17.9. The lowest BCUT2D eigenvalue weighted by molar-refractivity contribution is -0.140. The molecule has 0 heterocycles. The molecule has 0 fully saturated rings. The highest BCUT2D eigenvalue weighted by molar-refractivity contribution is 7.88. The molecule has 7 nitrogen and oxygen atoms in total. The maximum absolute atomic E-state index is 13.5. The number of halogens is 3. The summed E-state index contributed by atoms with van der Waals surface area (Å²) in [6.45, 7) is 1.13. The van der Waals surface area contributed by atoms with Gasteiger partial charge in [0.25, 0.3) is 0 Å². The quantitative estimate of drug-likeness (QED) is 0.359. The molecule has 0 saturated heterocycles. The zero-order valence-electron chi connectivity index (χ0n) is 20.9. The molecule has 0 aliphatic rings. The molecule has 1 unspecified atom stereocenters. The highest BCUT2D eigenvalue weighted by Crippen LogP contribution is 2.21. The van der Waals surface area contributed by atoms with Crippen LogP contribution in [0.2, 0.25) is 10.0 Å². The molecule has 3 aromatic rings. The predicted molar refractivity (Wildman–Crippen MR) is 146 cm³/mol. The Morgan fingerprint density at radius 1 is 0.947 bits per heavy atom. The SMILES string of the molecule is CC(C(=O)NCc1ccc(Cl)cc1Cl)N(Cc1ccc(F)cc1)C(=O)CN(Cc1ccccc1)S(C)(=O)=O. The van der Waals surface area contributed by atoms with Crippen LogP contribution in [-0.4, -0.2) is 48.3 Å². The largest absolute Gasteiger partial charge is 0.350 e. The summed E-state index contributed by atoms with van der Waals surface area (Å²) >= 11 is 12.1. The first-order valence-electron chi connectivity index (χ1n) is 11.7. The second-order valence-corrected chi connectivity index (χ2v) is 11.6. The number of carbonyl (C=O) groups is 2. The van der Waals surface area contributed by atoms with E-state index < -0.39 is 40.2 Å². The van der Waals surface area contributed by atoms with E-state index in [1.54, 1.807) is 55.5 Å². The molecule has 1 N–H and O–H groups in total. The van der Waals surface area contributed by atoms with Crippen molar-refractivity contribution in [3.8, 4) is 0 Å². The van der Waals surface area contributed by atoms with Gasteiger partial charge in [0.15, 0.2) is 0 Å². The maximum atomic E-state index is 13.5. The van der Waals surface area contributed by atoms with E-state index in [2.05, 4.69) is 5.32 Å². The normalized spacial score (nSPS) is 12.3. The van der Waals surface area contributed by atoms with Gasteiger partial charge in [-0.05, 0) is 47.9 Å². The lowest BCUT2D eigenvalue weighted by Gasteiger charge is -2.31. The van der Waals surface area contributed by atoms with Crippen LogP contribution in [0.4, 0.5) is 4.39 Å². The number of carbonyl (C=O) groups excluding carboxylic acids is 2. The van der Waals surface area contributed by atoms with Gasteiger partial charge in [-0.25, -0.2) is 12.8 Å². The lowest BCUT2D eigenvalue weighted by Crippen LogP contribution is -2.50. The molecule has 0 spiro atoms. The van der Waals surface area contributed by atoms with Gasteiger partial charge in [-0.3, -0.25) is 9.59 Å². The third kappa shape index (κ3) is 8.52. The Balaban J connectivity index is 1.81. The maximum Gasteiger partial charge on any atom is 0.242 e. The molecule has 2 amide bonds. The van der Waals surface area contributed by atoms with Crippen LogP contribution in [0.3, 0.4) is 0 Å². The summed E-state index contributed by atoms with van der Waals surface area (Å²) in [6.07, 6.45) is 1.03. The van der Waals surface area contributed by atoms with Crippen molar-refractivity contribution in [2.75, 3.05) is 12.8 Å². The molecule has 1 atom stereocenters. The molecule has 0 aromatic heterocycles. The molecular formula is C27H28Cl2FN3O4S. The van der Waals surface area contributed by atoms with Crippen LogP contribution in [0, 0.1) is 5.82 Å². The molecule has 0 saturated carbocycles. The summed E-state index contributed by atoms with van der Waals surface area (Å²) in [6, 6.07) is 18.3. The number of benzene rings is 3. The van der Waals surface area contributed by atoms with Crippen LogP contribution in [-0.2, 0) is 39.2 Å². The zero-order chi connectivity index (χ0) is 27.9. The van der Waals surface area contributed by atoms with E-state index in [-0.39, 0.29) is 19.6 Å². The fourth-order valence-electron chi connectivity index (χ4n) is 3.68. The molecule has 0 radical (unpaired) electrons. The Morgan fingerprint density at radius 3 is 2.18 bits per heavy atom. The standard InChI is InChI=1S/C27H28Cl2FN3O4S/c1-19(27(35)31-15-22-10-11-23(28)14-25(22)29)33(17-21-8-12-24(30)13-9-21)26(34)18-32(38(2,36)37)16-20-6-4-3-5-7-20/h3-14,19H,15-18H2,1-2H3,(H,31,35). The fraction of sp³-hybridized carbons (Fsp3) is 0.259. The van der Waals surface area contributed by atoms with Gasteiger partial charge in [0.05, 0.1) is 12.8 Å². The third-order valence-electron chi connectivity index (χ3n) is 5.88. The van der Waals surface area contributed by atoms with Gasteiger partial charge in [-0.2, -0.15) is 4.31 Å².